The van der Waals surface area contributed by atoms with Crippen molar-refractivity contribution in [2.45, 2.75) is 40.3 Å². The first-order valence-corrected chi connectivity index (χ1v) is 7.08. The van der Waals surface area contributed by atoms with Gasteiger partial charge in [-0.15, -0.1) is 0 Å². The van der Waals surface area contributed by atoms with E-state index in [1.807, 2.05) is 18.2 Å². The second-order valence-electron chi connectivity index (χ2n) is 5.08. The lowest BCUT2D eigenvalue weighted by Crippen LogP contribution is -2.39. The second-order valence-corrected chi connectivity index (χ2v) is 5.08. The highest BCUT2D eigenvalue weighted by molar-refractivity contribution is 5.89. The van der Waals surface area contributed by atoms with E-state index in [0.717, 1.165) is 19.5 Å². The van der Waals surface area contributed by atoms with Crippen LogP contribution in [-0.2, 0) is 4.74 Å². The molecule has 1 unspecified atom stereocenters. The summed E-state index contributed by atoms with van der Waals surface area (Å²) >= 11 is 0. The zero-order valence-corrected chi connectivity index (χ0v) is 12.4. The smallest absolute Gasteiger partial charge is 0.339 e. The summed E-state index contributed by atoms with van der Waals surface area (Å²) in [5, 5.41) is 0. The molecule has 0 aliphatic rings. The molecule has 3 nitrogen and oxygen atoms in total. The summed E-state index contributed by atoms with van der Waals surface area (Å²) in [5.41, 5.74) is 0.614. The molecule has 0 spiro atoms. The molecule has 0 saturated heterocycles. The zero-order chi connectivity index (χ0) is 14.3. The number of hydrogen-bond acceptors (Lipinski definition) is 3. The molecule has 0 aromatic heterocycles. The number of carbonyl (C=O) groups is 1. The molecule has 0 fully saturated rings. The molecule has 1 aromatic carbocycles. The fourth-order valence-electron chi connectivity index (χ4n) is 2.07. The summed E-state index contributed by atoms with van der Waals surface area (Å²) in [5.74, 6) is 0.257. The van der Waals surface area contributed by atoms with Crippen LogP contribution < -0.4 is 0 Å². The van der Waals surface area contributed by atoms with Crippen molar-refractivity contribution in [1.82, 2.24) is 4.90 Å². The van der Waals surface area contributed by atoms with E-state index in [1.54, 1.807) is 12.1 Å². The van der Waals surface area contributed by atoms with E-state index in [9.17, 15) is 4.79 Å². The summed E-state index contributed by atoms with van der Waals surface area (Å²) < 4.78 is 5.68. The zero-order valence-electron chi connectivity index (χ0n) is 12.4. The first kappa shape index (κ1) is 15.7. The Hall–Kier alpha value is -1.35. The molecule has 1 rings (SSSR count). The van der Waals surface area contributed by atoms with Gasteiger partial charge >= 0.3 is 5.97 Å². The molecule has 1 atom stereocenters. The van der Waals surface area contributed by atoms with Crippen LogP contribution in [0, 0.1) is 5.92 Å². The van der Waals surface area contributed by atoms with Crippen LogP contribution in [0.25, 0.3) is 0 Å². The Morgan fingerprint density at radius 1 is 1.16 bits per heavy atom. The monoisotopic (exact) mass is 263 g/mol. The Morgan fingerprint density at radius 2 is 1.74 bits per heavy atom. The van der Waals surface area contributed by atoms with Gasteiger partial charge in [0.2, 0.25) is 0 Å². The van der Waals surface area contributed by atoms with E-state index in [-0.39, 0.29) is 12.2 Å². The maximum Gasteiger partial charge on any atom is 0.339 e. The van der Waals surface area contributed by atoms with Crippen molar-refractivity contribution in [2.75, 3.05) is 13.1 Å². The number of esters is 1. The van der Waals surface area contributed by atoms with E-state index in [4.69, 9.17) is 4.74 Å². The average Bonchev–Trinajstić information content (AvgIpc) is 2.40. The highest BCUT2D eigenvalue weighted by Gasteiger charge is 2.21. The average molecular weight is 263 g/mol. The van der Waals surface area contributed by atoms with E-state index >= 15 is 0 Å². The molecule has 3 heteroatoms. The van der Waals surface area contributed by atoms with E-state index < -0.39 is 0 Å². The molecule has 0 amide bonds. The van der Waals surface area contributed by atoms with Crippen LogP contribution >= 0.6 is 0 Å². The van der Waals surface area contributed by atoms with E-state index in [1.165, 1.54) is 0 Å². The van der Waals surface area contributed by atoms with Crippen molar-refractivity contribution < 1.29 is 9.53 Å². The molecule has 1 aromatic rings. The lowest BCUT2D eigenvalue weighted by atomic mass is 10.1. The van der Waals surface area contributed by atoms with Gasteiger partial charge in [-0.2, -0.15) is 0 Å². The van der Waals surface area contributed by atoms with Crippen LogP contribution in [0.15, 0.2) is 30.3 Å². The quantitative estimate of drug-likeness (QED) is 0.556. The predicted molar refractivity (Wildman–Crippen MR) is 78.0 cm³/mol. The Morgan fingerprint density at radius 3 is 2.21 bits per heavy atom. The molecule has 106 valence electrons. The fourth-order valence-corrected chi connectivity index (χ4v) is 2.07. The van der Waals surface area contributed by atoms with Crippen LogP contribution in [0.1, 0.15) is 44.5 Å². The third-order valence-electron chi connectivity index (χ3n) is 3.15. The van der Waals surface area contributed by atoms with Crippen LogP contribution in [0.3, 0.4) is 0 Å². The second kappa shape index (κ2) is 7.95. The highest BCUT2D eigenvalue weighted by Crippen LogP contribution is 2.15. The topological polar surface area (TPSA) is 29.5 Å². The van der Waals surface area contributed by atoms with Crippen molar-refractivity contribution in [3.63, 3.8) is 0 Å². The maximum absolute atomic E-state index is 12.1. The number of ether oxygens (including phenoxy) is 1. The van der Waals surface area contributed by atoms with Crippen molar-refractivity contribution in [1.29, 1.82) is 0 Å². The van der Waals surface area contributed by atoms with Gasteiger partial charge in [0.05, 0.1) is 5.56 Å². The van der Waals surface area contributed by atoms with Crippen molar-refractivity contribution in [3.8, 4) is 0 Å². The van der Waals surface area contributed by atoms with Gasteiger partial charge in [-0.3, -0.25) is 4.90 Å². The number of carbonyl (C=O) groups excluding carboxylic acids is 1. The SMILES string of the molecule is CCN(CC)C(CC(C)C)OC(=O)c1ccccc1. The number of benzene rings is 1. The third-order valence-corrected chi connectivity index (χ3v) is 3.15. The number of hydrogen-bond donors (Lipinski definition) is 0. The molecule has 0 aliphatic carbocycles. The first-order chi connectivity index (χ1) is 9.08. The minimum atomic E-state index is -0.238. The van der Waals surface area contributed by atoms with Gasteiger partial charge in [-0.25, -0.2) is 4.79 Å². The van der Waals surface area contributed by atoms with Crippen LogP contribution in [-0.4, -0.2) is 30.2 Å². The summed E-state index contributed by atoms with van der Waals surface area (Å²) in [6, 6.07) is 9.18. The normalized spacial score (nSPS) is 12.7. The largest absolute Gasteiger partial charge is 0.443 e. The van der Waals surface area contributed by atoms with Crippen molar-refractivity contribution in [2.24, 2.45) is 5.92 Å². The molecule has 0 heterocycles. The van der Waals surface area contributed by atoms with Gasteiger partial charge < -0.3 is 4.74 Å². The van der Waals surface area contributed by atoms with Gasteiger partial charge in [0.1, 0.15) is 0 Å². The Balaban J connectivity index is 2.74. The Kier molecular flexibility index (Phi) is 6.57. The standard InChI is InChI=1S/C16H25NO2/c1-5-17(6-2)15(12-13(3)4)19-16(18)14-10-8-7-9-11-14/h7-11,13,15H,5-6,12H2,1-4H3. The van der Waals surface area contributed by atoms with Crippen LogP contribution in [0.4, 0.5) is 0 Å². The molecule has 0 N–H and O–H groups in total. The highest BCUT2D eigenvalue weighted by atomic mass is 16.6. The molecule has 19 heavy (non-hydrogen) atoms. The number of nitrogens with zero attached hydrogens (tertiary/aromatic N) is 1. The van der Waals surface area contributed by atoms with Gasteiger partial charge in [0.15, 0.2) is 6.23 Å². The third kappa shape index (κ3) is 5.03. The van der Waals surface area contributed by atoms with Gasteiger partial charge in [-0.1, -0.05) is 45.9 Å². The summed E-state index contributed by atoms with van der Waals surface area (Å²) in [6.45, 7) is 10.2. The summed E-state index contributed by atoms with van der Waals surface area (Å²) in [4.78, 5) is 14.3. The van der Waals surface area contributed by atoms with Gasteiger partial charge in [-0.05, 0) is 31.1 Å². The molecule has 0 saturated carbocycles. The Bertz CT molecular complexity index is 372. The molecular formula is C16H25NO2. The van der Waals surface area contributed by atoms with Crippen LogP contribution in [0.2, 0.25) is 0 Å². The van der Waals surface area contributed by atoms with E-state index in [0.29, 0.717) is 11.5 Å². The minimum absolute atomic E-state index is 0.136. The molecular weight excluding hydrogens is 238 g/mol. The maximum atomic E-state index is 12.1. The van der Waals surface area contributed by atoms with Crippen molar-refractivity contribution in [3.05, 3.63) is 35.9 Å². The van der Waals surface area contributed by atoms with E-state index in [2.05, 4.69) is 32.6 Å². The van der Waals surface area contributed by atoms with Gasteiger partial charge in [0, 0.05) is 6.42 Å². The van der Waals surface area contributed by atoms with Crippen LogP contribution in [0.5, 0.6) is 0 Å². The van der Waals surface area contributed by atoms with Crippen molar-refractivity contribution >= 4 is 5.97 Å². The van der Waals surface area contributed by atoms with Gasteiger partial charge in [0.25, 0.3) is 0 Å². The lowest BCUT2D eigenvalue weighted by Gasteiger charge is -2.30. The fraction of sp³-hybridized carbons (Fsp3) is 0.562. The number of rotatable bonds is 7. The molecule has 0 radical (unpaired) electrons. The molecule has 0 aliphatic heterocycles. The molecule has 0 bridgehead atoms. The summed E-state index contributed by atoms with van der Waals surface area (Å²) in [6.07, 6.45) is 0.725. The predicted octanol–water partition coefficient (Wildman–Crippen LogP) is 3.56. The first-order valence-electron chi connectivity index (χ1n) is 7.08. The minimum Gasteiger partial charge on any atom is -0.443 e. The lowest BCUT2D eigenvalue weighted by molar-refractivity contribution is -0.0382. The summed E-state index contributed by atoms with van der Waals surface area (Å²) in [7, 11) is 0. The Labute approximate surface area is 116 Å².